The van der Waals surface area contributed by atoms with Gasteiger partial charge in [-0.15, -0.1) is 5.10 Å². The third-order valence-corrected chi connectivity index (χ3v) is 6.46. The summed E-state index contributed by atoms with van der Waals surface area (Å²) in [6.07, 6.45) is 0. The minimum absolute atomic E-state index is 0.209. The zero-order chi connectivity index (χ0) is 28.1. The summed E-state index contributed by atoms with van der Waals surface area (Å²) >= 11 is 0. The number of para-hydroxylation sites is 1. The Balaban J connectivity index is 1.57. The number of methoxy groups -OCH3 is 1. The van der Waals surface area contributed by atoms with Crippen molar-refractivity contribution >= 4 is 28.5 Å². The summed E-state index contributed by atoms with van der Waals surface area (Å²) in [6, 6.07) is 26.2. The van der Waals surface area contributed by atoms with E-state index >= 15 is 0 Å². The van der Waals surface area contributed by atoms with Crippen LogP contribution >= 0.6 is 0 Å². The zero-order valence-electron chi connectivity index (χ0n) is 21.6. The lowest BCUT2D eigenvalue weighted by Gasteiger charge is -2.32. The first-order chi connectivity index (χ1) is 19.4. The predicted molar refractivity (Wildman–Crippen MR) is 149 cm³/mol. The van der Waals surface area contributed by atoms with E-state index in [9.17, 15) is 19.8 Å². The van der Waals surface area contributed by atoms with Crippen LogP contribution in [0.5, 0.6) is 17.2 Å². The van der Waals surface area contributed by atoms with E-state index in [2.05, 4.69) is 15.6 Å². The summed E-state index contributed by atoms with van der Waals surface area (Å²) in [5.41, 5.74) is 2.89. The SMILES string of the molecule is COc1ccc(N(C(=O)Cn2nnc3ccccc32)[C@@H](C(=O)NCc2ccccc2)c2ccc(O)c(O)c2)cc1. The number of amides is 2. The van der Waals surface area contributed by atoms with E-state index < -0.39 is 23.6 Å². The average Bonchev–Trinajstić information content (AvgIpc) is 3.39. The molecule has 4 aromatic carbocycles. The number of benzene rings is 4. The van der Waals surface area contributed by atoms with Gasteiger partial charge in [-0.25, -0.2) is 4.68 Å². The molecule has 0 bridgehead atoms. The number of ether oxygens (including phenoxy) is 1. The second kappa shape index (κ2) is 11.6. The molecule has 0 radical (unpaired) electrons. The van der Waals surface area contributed by atoms with Crippen molar-refractivity contribution in [3.63, 3.8) is 0 Å². The van der Waals surface area contributed by atoms with Gasteiger partial charge in [0.15, 0.2) is 11.5 Å². The van der Waals surface area contributed by atoms with Crippen LogP contribution in [0.2, 0.25) is 0 Å². The maximum atomic E-state index is 14.1. The van der Waals surface area contributed by atoms with Crippen LogP contribution < -0.4 is 15.0 Å². The number of phenols is 2. The minimum atomic E-state index is -1.20. The van der Waals surface area contributed by atoms with Crippen molar-refractivity contribution in [2.24, 2.45) is 0 Å². The summed E-state index contributed by atoms with van der Waals surface area (Å²) in [5.74, 6) is -1.12. The number of nitrogens with one attached hydrogen (secondary N) is 1. The molecule has 2 amide bonds. The maximum absolute atomic E-state index is 14.1. The molecule has 0 aliphatic heterocycles. The molecule has 10 nitrogen and oxygen atoms in total. The summed E-state index contributed by atoms with van der Waals surface area (Å²) in [4.78, 5) is 29.3. The molecule has 5 rings (SSSR count). The standard InChI is InChI=1S/C30H27N5O5/c1-40-23-14-12-22(13-15-23)35(28(38)19-34-25-10-6-5-9-24(25)32-33-34)29(21-11-16-26(36)27(37)17-21)30(39)31-18-20-7-3-2-4-8-20/h2-17,29,36-37H,18-19H2,1H3,(H,31,39)/t29-/m1/s1. The van der Waals surface area contributed by atoms with Gasteiger partial charge in [-0.3, -0.25) is 14.5 Å². The van der Waals surface area contributed by atoms with Gasteiger partial charge < -0.3 is 20.3 Å². The van der Waals surface area contributed by atoms with Crippen molar-refractivity contribution in [2.75, 3.05) is 12.0 Å². The summed E-state index contributed by atoms with van der Waals surface area (Å²) in [5, 5.41) is 31.4. The Morgan fingerprint density at radius 2 is 1.65 bits per heavy atom. The van der Waals surface area contributed by atoms with E-state index in [-0.39, 0.29) is 18.8 Å². The molecule has 5 aromatic rings. The van der Waals surface area contributed by atoms with Gasteiger partial charge in [-0.05, 0) is 59.7 Å². The molecule has 40 heavy (non-hydrogen) atoms. The summed E-state index contributed by atoms with van der Waals surface area (Å²) in [7, 11) is 1.53. The largest absolute Gasteiger partial charge is 0.504 e. The van der Waals surface area contributed by atoms with E-state index in [1.165, 1.54) is 34.9 Å². The zero-order valence-corrected chi connectivity index (χ0v) is 21.6. The molecule has 202 valence electrons. The van der Waals surface area contributed by atoms with Gasteiger partial charge in [0.1, 0.15) is 23.9 Å². The number of anilines is 1. The lowest BCUT2D eigenvalue weighted by molar-refractivity contribution is -0.127. The number of fused-ring (bicyclic) bond motifs is 1. The van der Waals surface area contributed by atoms with Gasteiger partial charge in [0.05, 0.1) is 12.6 Å². The van der Waals surface area contributed by atoms with Crippen molar-refractivity contribution in [3.05, 3.63) is 108 Å². The molecule has 1 atom stereocenters. The molecule has 0 saturated heterocycles. The van der Waals surface area contributed by atoms with E-state index in [4.69, 9.17) is 4.74 Å². The van der Waals surface area contributed by atoms with Gasteiger partial charge >= 0.3 is 0 Å². The fourth-order valence-electron chi connectivity index (χ4n) is 4.43. The molecule has 0 unspecified atom stereocenters. The highest BCUT2D eigenvalue weighted by Gasteiger charge is 2.34. The van der Waals surface area contributed by atoms with Gasteiger partial charge in [-0.2, -0.15) is 0 Å². The van der Waals surface area contributed by atoms with Crippen molar-refractivity contribution in [1.29, 1.82) is 0 Å². The van der Waals surface area contributed by atoms with Crippen LogP contribution in [0, 0.1) is 0 Å². The van der Waals surface area contributed by atoms with Crippen LogP contribution in [-0.2, 0) is 22.7 Å². The smallest absolute Gasteiger partial charge is 0.249 e. The molecular formula is C30H27N5O5. The van der Waals surface area contributed by atoms with Crippen molar-refractivity contribution in [2.45, 2.75) is 19.1 Å². The molecule has 0 aliphatic rings. The second-order valence-electron chi connectivity index (χ2n) is 9.05. The lowest BCUT2D eigenvalue weighted by atomic mass is 10.0. The van der Waals surface area contributed by atoms with Crippen LogP contribution in [0.1, 0.15) is 17.2 Å². The number of phenolic OH excluding ortho intramolecular Hbond substituents is 2. The van der Waals surface area contributed by atoms with Crippen molar-refractivity contribution in [1.82, 2.24) is 20.3 Å². The Morgan fingerprint density at radius 1 is 0.925 bits per heavy atom. The molecule has 0 aliphatic carbocycles. The van der Waals surface area contributed by atoms with Gasteiger partial charge in [0.25, 0.3) is 0 Å². The van der Waals surface area contributed by atoms with Crippen LogP contribution in [0.4, 0.5) is 5.69 Å². The average molecular weight is 538 g/mol. The first-order valence-corrected chi connectivity index (χ1v) is 12.5. The Kier molecular flexibility index (Phi) is 7.58. The van der Waals surface area contributed by atoms with Crippen LogP contribution in [0.15, 0.2) is 97.1 Å². The van der Waals surface area contributed by atoms with E-state index in [1.807, 2.05) is 48.5 Å². The maximum Gasteiger partial charge on any atom is 0.249 e. The lowest BCUT2D eigenvalue weighted by Crippen LogP contribution is -2.45. The number of nitrogens with zero attached hydrogens (tertiary/aromatic N) is 4. The molecule has 3 N–H and O–H groups in total. The molecule has 1 heterocycles. The number of aromatic hydroxyl groups is 2. The van der Waals surface area contributed by atoms with Crippen LogP contribution in [0.25, 0.3) is 11.0 Å². The number of hydrogen-bond acceptors (Lipinski definition) is 7. The number of rotatable bonds is 9. The minimum Gasteiger partial charge on any atom is -0.504 e. The highest BCUT2D eigenvalue weighted by Crippen LogP contribution is 2.34. The molecular weight excluding hydrogens is 510 g/mol. The summed E-state index contributed by atoms with van der Waals surface area (Å²) in [6.45, 7) is 0.0116. The Hall–Kier alpha value is -5.38. The van der Waals surface area contributed by atoms with Crippen molar-refractivity contribution < 1.29 is 24.5 Å². The number of aromatic nitrogens is 3. The molecule has 10 heteroatoms. The molecule has 1 aromatic heterocycles. The van der Waals surface area contributed by atoms with Gasteiger partial charge in [-0.1, -0.05) is 53.7 Å². The fraction of sp³-hybridized carbons (Fsp3) is 0.133. The Bertz CT molecular complexity index is 1640. The number of hydrogen-bond donors (Lipinski definition) is 3. The first-order valence-electron chi connectivity index (χ1n) is 12.5. The van der Waals surface area contributed by atoms with E-state index in [1.54, 1.807) is 30.3 Å². The third kappa shape index (κ3) is 5.56. The Labute approximate surface area is 230 Å². The van der Waals surface area contributed by atoms with E-state index in [0.717, 1.165) is 5.56 Å². The predicted octanol–water partition coefficient (Wildman–Crippen LogP) is 3.94. The van der Waals surface area contributed by atoms with Gasteiger partial charge in [0.2, 0.25) is 11.8 Å². The quantitative estimate of drug-likeness (QED) is 0.243. The van der Waals surface area contributed by atoms with E-state index in [0.29, 0.717) is 28.0 Å². The topological polar surface area (TPSA) is 130 Å². The van der Waals surface area contributed by atoms with Gasteiger partial charge in [0, 0.05) is 12.2 Å². The molecule has 0 spiro atoms. The van der Waals surface area contributed by atoms with Crippen LogP contribution in [0.3, 0.4) is 0 Å². The summed E-state index contributed by atoms with van der Waals surface area (Å²) < 4.78 is 6.76. The first kappa shape index (κ1) is 26.2. The molecule has 0 saturated carbocycles. The van der Waals surface area contributed by atoms with Crippen molar-refractivity contribution in [3.8, 4) is 17.2 Å². The normalized spacial score (nSPS) is 11.6. The van der Waals surface area contributed by atoms with Crippen LogP contribution in [-0.4, -0.2) is 44.1 Å². The molecule has 0 fully saturated rings. The monoisotopic (exact) mass is 537 g/mol. The number of carbonyl (C=O) groups excluding carboxylic acids is 2. The highest BCUT2D eigenvalue weighted by atomic mass is 16.5. The highest BCUT2D eigenvalue weighted by molar-refractivity contribution is 6.01. The fourth-order valence-corrected chi connectivity index (χ4v) is 4.43. The Morgan fingerprint density at radius 3 is 2.38 bits per heavy atom. The second-order valence-corrected chi connectivity index (χ2v) is 9.05. The number of carbonyl (C=O) groups is 2. The third-order valence-electron chi connectivity index (χ3n) is 6.46.